The van der Waals surface area contributed by atoms with Crippen molar-refractivity contribution in [2.45, 2.75) is 6.10 Å². The Bertz CT molecular complexity index is 943. The summed E-state index contributed by atoms with van der Waals surface area (Å²) < 4.78 is 0. The second kappa shape index (κ2) is 10.1. The molecule has 3 aromatic carbocycles. The van der Waals surface area contributed by atoms with Gasteiger partial charge in [0.25, 0.3) is 0 Å². The monoisotopic (exact) mass is 410 g/mol. The number of halogens is 1. The van der Waals surface area contributed by atoms with Crippen LogP contribution in [0.25, 0.3) is 11.1 Å². The Hall–Kier alpha value is -2.86. The smallest absolute Gasteiger partial charge is 0.335 e. The van der Waals surface area contributed by atoms with E-state index in [2.05, 4.69) is 10.6 Å². The highest BCUT2D eigenvalue weighted by Gasteiger charge is 2.07. The molecule has 150 valence electrons. The minimum Gasteiger partial charge on any atom is -0.478 e. The van der Waals surface area contributed by atoms with Crippen LogP contribution in [0.5, 0.6) is 0 Å². The van der Waals surface area contributed by atoms with E-state index in [1.165, 1.54) is 0 Å². The molecular formula is C23H23ClN2O3. The lowest BCUT2D eigenvalue weighted by molar-refractivity contribution is 0.0697. The number of benzene rings is 3. The van der Waals surface area contributed by atoms with Crippen LogP contribution in [0, 0.1) is 0 Å². The third-order valence-electron chi connectivity index (χ3n) is 4.55. The molecule has 0 unspecified atom stereocenters. The van der Waals surface area contributed by atoms with Crippen LogP contribution in [0.3, 0.4) is 0 Å². The van der Waals surface area contributed by atoms with Crippen LogP contribution in [0.15, 0.2) is 72.8 Å². The summed E-state index contributed by atoms with van der Waals surface area (Å²) in [4.78, 5) is 10.9. The summed E-state index contributed by atoms with van der Waals surface area (Å²) >= 11 is 5.95. The summed E-state index contributed by atoms with van der Waals surface area (Å²) in [6, 6.07) is 22.0. The largest absolute Gasteiger partial charge is 0.478 e. The van der Waals surface area contributed by atoms with E-state index >= 15 is 0 Å². The predicted octanol–water partition coefficient (Wildman–Crippen LogP) is 4.44. The molecule has 4 N–H and O–H groups in total. The standard InChI is InChI=1S/C23H23ClN2O3/c24-20-3-1-2-19(14-20)22(27)15-25-12-13-26-21-10-8-17(9-11-21)16-4-6-18(7-5-16)23(28)29/h1-11,14,22,25-27H,12-13,15H2,(H,28,29)/t22-/m1/s1. The van der Waals surface area contributed by atoms with Gasteiger partial charge >= 0.3 is 5.97 Å². The first-order chi connectivity index (χ1) is 14.0. The van der Waals surface area contributed by atoms with Crippen molar-refractivity contribution in [3.05, 3.63) is 88.9 Å². The zero-order valence-electron chi connectivity index (χ0n) is 15.8. The van der Waals surface area contributed by atoms with E-state index in [0.29, 0.717) is 18.1 Å². The third kappa shape index (κ3) is 6.06. The summed E-state index contributed by atoms with van der Waals surface area (Å²) in [6.45, 7) is 1.87. The molecule has 0 aliphatic heterocycles. The summed E-state index contributed by atoms with van der Waals surface area (Å²) in [6.07, 6.45) is -0.597. The maximum absolute atomic E-state index is 10.9. The number of anilines is 1. The molecule has 1 atom stereocenters. The fraction of sp³-hybridized carbons (Fsp3) is 0.174. The summed E-state index contributed by atoms with van der Waals surface area (Å²) in [5.74, 6) is -0.926. The van der Waals surface area contributed by atoms with Crippen molar-refractivity contribution < 1.29 is 15.0 Å². The number of aliphatic hydroxyl groups is 1. The molecule has 0 radical (unpaired) electrons. The molecule has 3 aromatic rings. The molecule has 29 heavy (non-hydrogen) atoms. The van der Waals surface area contributed by atoms with E-state index in [4.69, 9.17) is 16.7 Å². The minimum atomic E-state index is -0.926. The molecular weight excluding hydrogens is 388 g/mol. The summed E-state index contributed by atoms with van der Waals surface area (Å²) in [5.41, 5.74) is 4.06. The Morgan fingerprint density at radius 2 is 1.59 bits per heavy atom. The number of nitrogens with one attached hydrogen (secondary N) is 2. The van der Waals surface area contributed by atoms with Crippen LogP contribution < -0.4 is 10.6 Å². The number of rotatable bonds is 9. The van der Waals surface area contributed by atoms with E-state index < -0.39 is 12.1 Å². The van der Waals surface area contributed by atoms with Crippen molar-refractivity contribution in [1.82, 2.24) is 5.32 Å². The van der Waals surface area contributed by atoms with Gasteiger partial charge in [-0.05, 0) is 53.1 Å². The van der Waals surface area contributed by atoms with Crippen molar-refractivity contribution >= 4 is 23.3 Å². The van der Waals surface area contributed by atoms with Gasteiger partial charge in [0.05, 0.1) is 11.7 Å². The first kappa shape index (κ1) is 20.9. The third-order valence-corrected chi connectivity index (χ3v) is 4.79. The number of aromatic carboxylic acids is 1. The number of carboxylic acids is 1. The lowest BCUT2D eigenvalue weighted by Crippen LogP contribution is -2.26. The van der Waals surface area contributed by atoms with Crippen LogP contribution in [-0.4, -0.2) is 35.8 Å². The van der Waals surface area contributed by atoms with Crippen molar-refractivity contribution in [2.24, 2.45) is 0 Å². The van der Waals surface area contributed by atoms with Gasteiger partial charge < -0.3 is 20.8 Å². The molecule has 0 bridgehead atoms. The predicted molar refractivity (Wildman–Crippen MR) is 117 cm³/mol. The molecule has 0 amide bonds. The SMILES string of the molecule is O=C(O)c1ccc(-c2ccc(NCCNC[C@@H](O)c3cccc(Cl)c3)cc2)cc1. The van der Waals surface area contributed by atoms with Crippen LogP contribution >= 0.6 is 11.6 Å². The maximum Gasteiger partial charge on any atom is 0.335 e. The van der Waals surface area contributed by atoms with Gasteiger partial charge in [-0.1, -0.05) is 48.0 Å². The topological polar surface area (TPSA) is 81.6 Å². The zero-order valence-corrected chi connectivity index (χ0v) is 16.6. The summed E-state index contributed by atoms with van der Waals surface area (Å²) in [7, 11) is 0. The van der Waals surface area contributed by atoms with Crippen molar-refractivity contribution in [1.29, 1.82) is 0 Å². The first-order valence-electron chi connectivity index (χ1n) is 9.35. The van der Waals surface area contributed by atoms with Gasteiger partial charge in [-0.3, -0.25) is 0 Å². The van der Waals surface area contributed by atoms with Gasteiger partial charge in [-0.25, -0.2) is 4.79 Å². The lowest BCUT2D eigenvalue weighted by Gasteiger charge is -2.13. The van der Waals surface area contributed by atoms with Gasteiger partial charge in [0.15, 0.2) is 0 Å². The van der Waals surface area contributed by atoms with Gasteiger partial charge in [0, 0.05) is 30.3 Å². The van der Waals surface area contributed by atoms with E-state index in [-0.39, 0.29) is 5.56 Å². The van der Waals surface area contributed by atoms with Crippen LogP contribution in [0.4, 0.5) is 5.69 Å². The van der Waals surface area contributed by atoms with Gasteiger partial charge in [-0.15, -0.1) is 0 Å². The van der Waals surface area contributed by atoms with Crippen molar-refractivity contribution in [2.75, 3.05) is 25.0 Å². The zero-order chi connectivity index (χ0) is 20.6. The van der Waals surface area contributed by atoms with Crippen LogP contribution in [0.1, 0.15) is 22.0 Å². The maximum atomic E-state index is 10.9. The van der Waals surface area contributed by atoms with Crippen molar-refractivity contribution in [3.63, 3.8) is 0 Å². The normalized spacial score (nSPS) is 11.8. The fourth-order valence-corrected chi connectivity index (χ4v) is 3.15. The molecule has 0 saturated heterocycles. The van der Waals surface area contributed by atoms with E-state index in [0.717, 1.165) is 28.9 Å². The van der Waals surface area contributed by atoms with Crippen LogP contribution in [0.2, 0.25) is 5.02 Å². The second-order valence-corrected chi connectivity index (χ2v) is 7.10. The minimum absolute atomic E-state index is 0.278. The molecule has 0 heterocycles. The number of aliphatic hydroxyl groups excluding tert-OH is 1. The number of carboxylic acid groups (broad SMARTS) is 1. The molecule has 0 aliphatic carbocycles. The molecule has 0 saturated carbocycles. The molecule has 0 aliphatic rings. The Kier molecular flexibility index (Phi) is 7.25. The summed E-state index contributed by atoms with van der Waals surface area (Å²) in [5, 5.41) is 26.3. The average molecular weight is 411 g/mol. The van der Waals surface area contributed by atoms with Crippen molar-refractivity contribution in [3.8, 4) is 11.1 Å². The fourth-order valence-electron chi connectivity index (χ4n) is 2.95. The first-order valence-corrected chi connectivity index (χ1v) is 9.72. The molecule has 3 rings (SSSR count). The number of hydrogen-bond acceptors (Lipinski definition) is 4. The quantitative estimate of drug-likeness (QED) is 0.392. The highest BCUT2D eigenvalue weighted by Crippen LogP contribution is 2.22. The van der Waals surface area contributed by atoms with E-state index in [1.54, 1.807) is 36.4 Å². The number of hydrogen-bond donors (Lipinski definition) is 4. The molecule has 0 aromatic heterocycles. The average Bonchev–Trinajstić information content (AvgIpc) is 2.74. The molecule has 0 fully saturated rings. The van der Waals surface area contributed by atoms with Gasteiger partial charge in [0.2, 0.25) is 0 Å². The highest BCUT2D eigenvalue weighted by atomic mass is 35.5. The van der Waals surface area contributed by atoms with E-state index in [1.807, 2.05) is 36.4 Å². The van der Waals surface area contributed by atoms with Gasteiger partial charge in [-0.2, -0.15) is 0 Å². The molecule has 6 heteroatoms. The highest BCUT2D eigenvalue weighted by molar-refractivity contribution is 6.30. The Morgan fingerprint density at radius 3 is 2.21 bits per heavy atom. The Labute approximate surface area is 175 Å². The lowest BCUT2D eigenvalue weighted by atomic mass is 10.0. The Balaban J connectivity index is 1.43. The van der Waals surface area contributed by atoms with Crippen LogP contribution in [-0.2, 0) is 0 Å². The number of carbonyl (C=O) groups is 1. The van der Waals surface area contributed by atoms with Gasteiger partial charge in [0.1, 0.15) is 0 Å². The second-order valence-electron chi connectivity index (χ2n) is 6.66. The Morgan fingerprint density at radius 1 is 0.931 bits per heavy atom. The van der Waals surface area contributed by atoms with E-state index in [9.17, 15) is 9.90 Å². The molecule has 0 spiro atoms. The molecule has 5 nitrogen and oxygen atoms in total.